The third-order valence-corrected chi connectivity index (χ3v) is 3.51. The van der Waals surface area contributed by atoms with Crippen LogP contribution < -0.4 is 5.32 Å². The number of nitrogens with one attached hydrogen (secondary N) is 1. The summed E-state index contributed by atoms with van der Waals surface area (Å²) in [5.41, 5.74) is 1.45. The number of hydrogen-bond donors (Lipinski definition) is 1. The molecule has 0 bridgehead atoms. The summed E-state index contributed by atoms with van der Waals surface area (Å²) in [7, 11) is 0. The zero-order valence-electron chi connectivity index (χ0n) is 9.09. The van der Waals surface area contributed by atoms with Gasteiger partial charge in [0.05, 0.1) is 0 Å². The molecule has 1 aromatic rings. The van der Waals surface area contributed by atoms with Crippen molar-refractivity contribution in [3.8, 4) is 0 Å². The van der Waals surface area contributed by atoms with Crippen molar-refractivity contribution in [1.82, 2.24) is 5.32 Å². The quantitative estimate of drug-likeness (QED) is 0.798. The van der Waals surface area contributed by atoms with Crippen LogP contribution in [-0.2, 0) is 0 Å². The van der Waals surface area contributed by atoms with E-state index in [1.165, 1.54) is 12.0 Å². The monoisotopic (exact) mass is 245 g/mol. The second-order valence-electron chi connectivity index (χ2n) is 4.51. The predicted octanol–water partition coefficient (Wildman–Crippen LogP) is 3.62. The van der Waals surface area contributed by atoms with E-state index in [2.05, 4.69) is 31.3 Å². The van der Waals surface area contributed by atoms with Gasteiger partial charge in [0.15, 0.2) is 0 Å². The first kappa shape index (κ1) is 12.8. The Kier molecular flexibility index (Phi) is 4.05. The summed E-state index contributed by atoms with van der Waals surface area (Å²) >= 11 is 6.20. The summed E-state index contributed by atoms with van der Waals surface area (Å²) in [6, 6.07) is 8.17. The summed E-state index contributed by atoms with van der Waals surface area (Å²) < 4.78 is 0. The maximum atomic E-state index is 6.20. The molecule has 1 fully saturated rings. The Labute approximate surface area is 103 Å². The Morgan fingerprint density at radius 3 is 2.53 bits per heavy atom. The van der Waals surface area contributed by atoms with Crippen LogP contribution in [0.5, 0.6) is 0 Å². The Morgan fingerprint density at radius 2 is 2.00 bits per heavy atom. The van der Waals surface area contributed by atoms with Crippen LogP contribution in [0.15, 0.2) is 24.3 Å². The molecule has 0 spiro atoms. The molecule has 15 heavy (non-hydrogen) atoms. The van der Waals surface area contributed by atoms with E-state index in [4.69, 9.17) is 11.6 Å². The molecule has 1 saturated heterocycles. The number of halogens is 2. The van der Waals surface area contributed by atoms with Gasteiger partial charge in [-0.1, -0.05) is 29.8 Å². The molecule has 1 unspecified atom stereocenters. The van der Waals surface area contributed by atoms with Crippen molar-refractivity contribution >= 4 is 24.0 Å². The van der Waals surface area contributed by atoms with Crippen LogP contribution in [0.3, 0.4) is 0 Å². The summed E-state index contributed by atoms with van der Waals surface area (Å²) in [4.78, 5) is 0. The first-order valence-electron chi connectivity index (χ1n) is 5.11. The number of hydrogen-bond acceptors (Lipinski definition) is 1. The van der Waals surface area contributed by atoms with Crippen molar-refractivity contribution in [1.29, 1.82) is 0 Å². The van der Waals surface area contributed by atoms with Gasteiger partial charge in [-0.15, -0.1) is 12.4 Å². The molecule has 84 valence electrons. The molecule has 1 heterocycles. The highest BCUT2D eigenvalue weighted by molar-refractivity contribution is 6.31. The predicted molar refractivity (Wildman–Crippen MR) is 68.1 cm³/mol. The minimum Gasteiger partial charge on any atom is -0.311 e. The van der Waals surface area contributed by atoms with Gasteiger partial charge in [0.25, 0.3) is 0 Å². The van der Waals surface area contributed by atoms with Crippen LogP contribution in [0.4, 0.5) is 0 Å². The van der Waals surface area contributed by atoms with E-state index in [0.717, 1.165) is 11.6 Å². The van der Waals surface area contributed by atoms with Gasteiger partial charge in [0.2, 0.25) is 0 Å². The Hall–Kier alpha value is -0.240. The SMILES string of the molecule is CC1(C)NCCC1c1ccccc1Cl.Cl. The van der Waals surface area contributed by atoms with E-state index in [1.54, 1.807) is 0 Å². The van der Waals surface area contributed by atoms with Crippen LogP contribution in [0.1, 0.15) is 31.7 Å². The Balaban J connectivity index is 0.00000112. The third kappa shape index (κ3) is 2.47. The lowest BCUT2D eigenvalue weighted by atomic mass is 9.83. The van der Waals surface area contributed by atoms with Crippen molar-refractivity contribution in [3.05, 3.63) is 34.9 Å². The lowest BCUT2D eigenvalue weighted by Gasteiger charge is -2.28. The van der Waals surface area contributed by atoms with E-state index in [0.29, 0.717) is 5.92 Å². The van der Waals surface area contributed by atoms with Gasteiger partial charge < -0.3 is 5.32 Å². The van der Waals surface area contributed by atoms with E-state index in [-0.39, 0.29) is 17.9 Å². The minimum absolute atomic E-state index is 0. The first-order valence-corrected chi connectivity index (χ1v) is 5.48. The lowest BCUT2D eigenvalue weighted by Crippen LogP contribution is -2.36. The van der Waals surface area contributed by atoms with Crippen LogP contribution >= 0.6 is 24.0 Å². The molecular formula is C12H17Cl2N. The minimum atomic E-state index is 0. The fourth-order valence-electron chi connectivity index (χ4n) is 2.32. The van der Waals surface area contributed by atoms with Crippen LogP contribution in [0, 0.1) is 0 Å². The molecule has 0 amide bonds. The topological polar surface area (TPSA) is 12.0 Å². The van der Waals surface area contributed by atoms with Gasteiger partial charge in [0, 0.05) is 16.5 Å². The summed E-state index contributed by atoms with van der Waals surface area (Å²) in [6.45, 7) is 5.57. The largest absolute Gasteiger partial charge is 0.311 e. The van der Waals surface area contributed by atoms with Gasteiger partial charge in [-0.2, -0.15) is 0 Å². The van der Waals surface area contributed by atoms with Crippen LogP contribution in [-0.4, -0.2) is 12.1 Å². The fraction of sp³-hybridized carbons (Fsp3) is 0.500. The average molecular weight is 246 g/mol. The molecule has 1 aromatic carbocycles. The normalized spacial score (nSPS) is 23.5. The van der Waals surface area contributed by atoms with Crippen molar-refractivity contribution in [2.75, 3.05) is 6.54 Å². The molecule has 0 radical (unpaired) electrons. The standard InChI is InChI=1S/C12H16ClN.ClH/c1-12(2)10(7-8-14-12)9-5-3-4-6-11(9)13;/h3-6,10,14H,7-8H2,1-2H3;1H. The van der Waals surface area contributed by atoms with Gasteiger partial charge in [-0.25, -0.2) is 0 Å². The second kappa shape index (κ2) is 4.73. The highest BCUT2D eigenvalue weighted by atomic mass is 35.5. The molecule has 1 aliphatic heterocycles. The zero-order valence-corrected chi connectivity index (χ0v) is 10.7. The number of rotatable bonds is 1. The van der Waals surface area contributed by atoms with Gasteiger partial charge >= 0.3 is 0 Å². The van der Waals surface area contributed by atoms with E-state index < -0.39 is 0 Å². The summed E-state index contributed by atoms with van der Waals surface area (Å²) in [5, 5.41) is 4.41. The third-order valence-electron chi connectivity index (χ3n) is 3.17. The van der Waals surface area contributed by atoms with Crippen molar-refractivity contribution in [2.24, 2.45) is 0 Å². The summed E-state index contributed by atoms with van der Waals surface area (Å²) in [5.74, 6) is 0.538. The summed E-state index contributed by atoms with van der Waals surface area (Å²) in [6.07, 6.45) is 1.18. The maximum Gasteiger partial charge on any atom is 0.0441 e. The van der Waals surface area contributed by atoms with Crippen LogP contribution in [0.25, 0.3) is 0 Å². The van der Waals surface area contributed by atoms with Crippen molar-refractivity contribution < 1.29 is 0 Å². The van der Waals surface area contributed by atoms with Crippen molar-refractivity contribution in [3.63, 3.8) is 0 Å². The van der Waals surface area contributed by atoms with Gasteiger partial charge in [-0.05, 0) is 38.4 Å². The maximum absolute atomic E-state index is 6.20. The molecule has 0 saturated carbocycles. The van der Waals surface area contributed by atoms with Crippen LogP contribution in [0.2, 0.25) is 5.02 Å². The first-order chi connectivity index (χ1) is 6.61. The zero-order chi connectivity index (χ0) is 10.2. The van der Waals surface area contributed by atoms with Gasteiger partial charge in [0.1, 0.15) is 0 Å². The van der Waals surface area contributed by atoms with E-state index in [1.807, 2.05) is 12.1 Å². The fourth-order valence-corrected chi connectivity index (χ4v) is 2.59. The molecule has 1 N–H and O–H groups in total. The molecule has 1 nitrogen and oxygen atoms in total. The molecule has 1 aliphatic rings. The van der Waals surface area contributed by atoms with E-state index >= 15 is 0 Å². The molecule has 0 aromatic heterocycles. The molecule has 1 atom stereocenters. The van der Waals surface area contributed by atoms with E-state index in [9.17, 15) is 0 Å². The highest BCUT2D eigenvalue weighted by Crippen LogP contribution is 2.38. The smallest absolute Gasteiger partial charge is 0.0441 e. The highest BCUT2D eigenvalue weighted by Gasteiger charge is 2.35. The van der Waals surface area contributed by atoms with Crippen molar-refractivity contribution in [2.45, 2.75) is 31.7 Å². The average Bonchev–Trinajstić information content (AvgIpc) is 2.46. The Morgan fingerprint density at radius 1 is 1.33 bits per heavy atom. The number of benzene rings is 1. The molecule has 3 heteroatoms. The molecule has 0 aliphatic carbocycles. The molecular weight excluding hydrogens is 229 g/mol. The Bertz CT molecular complexity index is 336. The van der Waals surface area contributed by atoms with Gasteiger partial charge in [-0.3, -0.25) is 0 Å². The lowest BCUT2D eigenvalue weighted by molar-refractivity contribution is 0.411. The molecule has 2 rings (SSSR count). The second-order valence-corrected chi connectivity index (χ2v) is 4.92.